The van der Waals surface area contributed by atoms with E-state index in [1.54, 1.807) is 12.1 Å². The summed E-state index contributed by atoms with van der Waals surface area (Å²) in [6, 6.07) is 4.82. The molecule has 1 aliphatic rings. The minimum atomic E-state index is -3.14. The van der Waals surface area contributed by atoms with Crippen LogP contribution in [0, 0.1) is 0 Å². The predicted octanol–water partition coefficient (Wildman–Crippen LogP) is 2.12. The normalized spacial score (nSPS) is 18.2. The van der Waals surface area contributed by atoms with Gasteiger partial charge < -0.3 is 10.6 Å². The van der Waals surface area contributed by atoms with Crippen molar-refractivity contribution < 1.29 is 13.9 Å². The summed E-state index contributed by atoms with van der Waals surface area (Å²) in [6.07, 6.45) is 1.25. The Morgan fingerprint density at radius 3 is 2.94 bits per heavy atom. The van der Waals surface area contributed by atoms with E-state index < -0.39 is 10.8 Å². The molecule has 0 spiro atoms. The van der Waals surface area contributed by atoms with Gasteiger partial charge in [0, 0.05) is 12.6 Å². The van der Waals surface area contributed by atoms with Crippen LogP contribution in [0.4, 0.5) is 11.4 Å². The molecule has 6 nitrogen and oxygen atoms in total. The van der Waals surface area contributed by atoms with Crippen LogP contribution >= 0.6 is 10.8 Å². The lowest BCUT2D eigenvalue weighted by molar-refractivity contribution is -0.114. The minimum Gasteiger partial charge on any atom is -0.343 e. The van der Waals surface area contributed by atoms with E-state index in [0.717, 1.165) is 0 Å². The molecule has 0 bridgehead atoms. The first-order chi connectivity index (χ1) is 7.49. The summed E-state index contributed by atoms with van der Waals surface area (Å²) >= 11 is 0. The maximum Gasteiger partial charge on any atom is 0.221 e. The Hall–Kier alpha value is -1.57. The molecule has 1 aliphatic heterocycles. The van der Waals surface area contributed by atoms with Crippen LogP contribution in [0.5, 0.6) is 0 Å². The van der Waals surface area contributed by atoms with Crippen molar-refractivity contribution in [2.45, 2.75) is 11.8 Å². The predicted molar refractivity (Wildman–Crippen MR) is 64.0 cm³/mol. The fourth-order valence-corrected chi connectivity index (χ4v) is 2.40. The highest BCUT2D eigenvalue weighted by molar-refractivity contribution is 8.23. The van der Waals surface area contributed by atoms with Gasteiger partial charge in [-0.3, -0.25) is 13.9 Å². The molecule has 1 heterocycles. The van der Waals surface area contributed by atoms with E-state index in [9.17, 15) is 13.9 Å². The molecular formula is C9H11N3O3S. The highest BCUT2D eigenvalue weighted by Gasteiger charge is 2.21. The SMILES string of the molecule is CC(=O)Nc1ccc2c(c1)S(O)(O)N=CN2. The topological polar surface area (TPSA) is 94.0 Å². The van der Waals surface area contributed by atoms with Crippen LogP contribution in [0.2, 0.25) is 0 Å². The maximum atomic E-state index is 10.9. The summed E-state index contributed by atoms with van der Waals surface area (Å²) in [5, 5.41) is 5.36. The van der Waals surface area contributed by atoms with Gasteiger partial charge in [-0.05, 0) is 18.2 Å². The molecule has 0 atom stereocenters. The zero-order chi connectivity index (χ0) is 11.8. The smallest absolute Gasteiger partial charge is 0.221 e. The van der Waals surface area contributed by atoms with Crippen LogP contribution in [0.15, 0.2) is 27.5 Å². The molecule has 0 saturated carbocycles. The standard InChI is InChI=1S/C9H11N3O3S/c1-6(13)12-7-2-3-8-9(4-7)16(14,15)11-5-10-8/h2-5,14-15H,1H3,(H,10,11)(H,12,13). The third-order valence-electron chi connectivity index (χ3n) is 2.02. The largest absolute Gasteiger partial charge is 0.343 e. The van der Waals surface area contributed by atoms with Crippen molar-refractivity contribution in [3.8, 4) is 0 Å². The van der Waals surface area contributed by atoms with E-state index in [0.29, 0.717) is 11.4 Å². The Morgan fingerprint density at radius 1 is 1.50 bits per heavy atom. The maximum absolute atomic E-state index is 10.9. The number of fused-ring (bicyclic) bond motifs is 1. The van der Waals surface area contributed by atoms with Gasteiger partial charge >= 0.3 is 0 Å². The highest BCUT2D eigenvalue weighted by atomic mass is 32.3. The second-order valence-corrected chi connectivity index (χ2v) is 4.98. The number of anilines is 2. The molecule has 0 unspecified atom stereocenters. The lowest BCUT2D eigenvalue weighted by Crippen LogP contribution is -2.11. The van der Waals surface area contributed by atoms with Gasteiger partial charge in [0.05, 0.1) is 5.69 Å². The summed E-state index contributed by atoms with van der Waals surface area (Å²) in [5.41, 5.74) is 1.08. The molecule has 16 heavy (non-hydrogen) atoms. The van der Waals surface area contributed by atoms with E-state index in [1.165, 1.54) is 19.3 Å². The zero-order valence-electron chi connectivity index (χ0n) is 8.47. The molecule has 0 aromatic heterocycles. The average Bonchev–Trinajstić information content (AvgIpc) is 2.18. The molecule has 7 heteroatoms. The molecule has 0 aliphatic carbocycles. The van der Waals surface area contributed by atoms with Crippen molar-refractivity contribution in [2.24, 2.45) is 4.40 Å². The number of hydrogen-bond donors (Lipinski definition) is 4. The van der Waals surface area contributed by atoms with Gasteiger partial charge in [0.15, 0.2) is 0 Å². The summed E-state index contributed by atoms with van der Waals surface area (Å²) in [6.45, 7) is 1.38. The molecule has 2 rings (SSSR count). The van der Waals surface area contributed by atoms with Crippen molar-refractivity contribution in [1.29, 1.82) is 0 Å². The fourth-order valence-electron chi connectivity index (χ4n) is 1.38. The average molecular weight is 241 g/mol. The van der Waals surface area contributed by atoms with Crippen molar-refractivity contribution >= 4 is 34.4 Å². The van der Waals surface area contributed by atoms with Crippen molar-refractivity contribution in [1.82, 2.24) is 0 Å². The number of carbonyl (C=O) groups excluding carboxylic acids is 1. The molecule has 0 saturated heterocycles. The number of amides is 1. The van der Waals surface area contributed by atoms with Gasteiger partial charge in [0.25, 0.3) is 0 Å². The second kappa shape index (κ2) is 3.78. The molecule has 4 N–H and O–H groups in total. The Morgan fingerprint density at radius 2 is 2.25 bits per heavy atom. The minimum absolute atomic E-state index is 0.219. The van der Waals surface area contributed by atoms with Crippen molar-refractivity contribution in [3.05, 3.63) is 18.2 Å². The number of nitrogens with one attached hydrogen (secondary N) is 2. The van der Waals surface area contributed by atoms with Gasteiger partial charge in [-0.1, -0.05) is 10.8 Å². The Bertz CT molecular complexity index is 473. The van der Waals surface area contributed by atoms with Gasteiger partial charge in [-0.2, -0.15) is 0 Å². The number of rotatable bonds is 1. The van der Waals surface area contributed by atoms with Crippen LogP contribution in [-0.4, -0.2) is 21.4 Å². The van der Waals surface area contributed by atoms with Crippen LogP contribution in [0.3, 0.4) is 0 Å². The van der Waals surface area contributed by atoms with Gasteiger partial charge in [0.1, 0.15) is 11.2 Å². The zero-order valence-corrected chi connectivity index (χ0v) is 9.28. The lowest BCUT2D eigenvalue weighted by atomic mass is 10.2. The van der Waals surface area contributed by atoms with Gasteiger partial charge in [-0.15, -0.1) is 4.40 Å². The van der Waals surface area contributed by atoms with Crippen molar-refractivity contribution in [3.63, 3.8) is 0 Å². The third-order valence-corrected chi connectivity index (χ3v) is 3.34. The molecule has 1 aromatic rings. The first-order valence-corrected chi connectivity index (χ1v) is 5.99. The third kappa shape index (κ3) is 2.01. The van der Waals surface area contributed by atoms with Crippen LogP contribution in [0.25, 0.3) is 0 Å². The fraction of sp³-hybridized carbons (Fsp3) is 0.111. The first-order valence-electron chi connectivity index (χ1n) is 4.49. The van der Waals surface area contributed by atoms with E-state index in [4.69, 9.17) is 0 Å². The Kier molecular flexibility index (Phi) is 2.58. The number of carbonyl (C=O) groups is 1. The monoisotopic (exact) mass is 241 g/mol. The number of nitrogens with zero attached hydrogens (tertiary/aromatic N) is 1. The number of benzene rings is 1. The molecule has 0 radical (unpaired) electrons. The van der Waals surface area contributed by atoms with Gasteiger partial charge in [0.2, 0.25) is 5.91 Å². The van der Waals surface area contributed by atoms with E-state index in [1.807, 2.05) is 0 Å². The van der Waals surface area contributed by atoms with Gasteiger partial charge in [-0.25, -0.2) is 0 Å². The summed E-state index contributed by atoms with van der Waals surface area (Å²) in [5.74, 6) is -0.219. The quantitative estimate of drug-likeness (QED) is 0.605. The summed E-state index contributed by atoms with van der Waals surface area (Å²) in [4.78, 5) is 11.1. The molecule has 1 aromatic carbocycles. The molecule has 1 amide bonds. The highest BCUT2D eigenvalue weighted by Crippen LogP contribution is 2.54. The summed E-state index contributed by atoms with van der Waals surface area (Å²) < 4.78 is 22.9. The molecule has 86 valence electrons. The Labute approximate surface area is 93.9 Å². The lowest BCUT2D eigenvalue weighted by Gasteiger charge is -2.31. The van der Waals surface area contributed by atoms with E-state index in [2.05, 4.69) is 15.0 Å². The van der Waals surface area contributed by atoms with Crippen LogP contribution < -0.4 is 10.6 Å². The summed E-state index contributed by atoms with van der Waals surface area (Å²) in [7, 11) is -3.14. The van der Waals surface area contributed by atoms with Crippen LogP contribution in [-0.2, 0) is 4.79 Å². The molecule has 0 fully saturated rings. The number of hydrogen-bond acceptors (Lipinski definition) is 5. The molecular weight excluding hydrogens is 230 g/mol. The first kappa shape index (κ1) is 10.9. The van der Waals surface area contributed by atoms with E-state index >= 15 is 0 Å². The Balaban J connectivity index is 2.42. The van der Waals surface area contributed by atoms with Crippen molar-refractivity contribution in [2.75, 3.05) is 10.6 Å². The second-order valence-electron chi connectivity index (χ2n) is 3.29. The van der Waals surface area contributed by atoms with E-state index in [-0.39, 0.29) is 10.8 Å². The van der Waals surface area contributed by atoms with Crippen LogP contribution in [0.1, 0.15) is 6.92 Å².